The quantitative estimate of drug-likeness (QED) is 0.484. The lowest BCUT2D eigenvalue weighted by Crippen LogP contribution is -2.27. The second-order valence-corrected chi connectivity index (χ2v) is 3.34. The highest BCUT2D eigenvalue weighted by molar-refractivity contribution is 5.97. The van der Waals surface area contributed by atoms with Crippen LogP contribution in [-0.4, -0.2) is 25.0 Å². The molecular formula is C10H12N4O. The van der Waals surface area contributed by atoms with Gasteiger partial charge in [-0.05, 0) is 24.3 Å². The molecule has 2 amide bonds. The molecule has 0 aromatic heterocycles. The number of amidine groups is 1. The molecule has 1 heterocycles. The first-order chi connectivity index (χ1) is 7.18. The van der Waals surface area contributed by atoms with Crippen LogP contribution >= 0.6 is 0 Å². The molecule has 1 aliphatic heterocycles. The van der Waals surface area contributed by atoms with Crippen molar-refractivity contribution in [2.75, 3.05) is 18.0 Å². The maximum atomic E-state index is 11.3. The third-order valence-corrected chi connectivity index (χ3v) is 2.35. The summed E-state index contributed by atoms with van der Waals surface area (Å²) in [4.78, 5) is 13.0. The van der Waals surface area contributed by atoms with Crippen molar-refractivity contribution in [1.82, 2.24) is 5.32 Å². The Morgan fingerprint density at radius 2 is 2.07 bits per heavy atom. The Bertz CT molecular complexity index is 398. The van der Waals surface area contributed by atoms with Gasteiger partial charge >= 0.3 is 6.03 Å². The van der Waals surface area contributed by atoms with E-state index in [1.54, 1.807) is 29.2 Å². The molecule has 78 valence electrons. The number of nitrogens with two attached hydrogens (primary N) is 1. The zero-order valence-corrected chi connectivity index (χ0v) is 8.16. The minimum Gasteiger partial charge on any atom is -0.384 e. The van der Waals surface area contributed by atoms with Gasteiger partial charge in [0.1, 0.15) is 5.84 Å². The number of urea groups is 1. The Labute approximate surface area is 87.4 Å². The van der Waals surface area contributed by atoms with Gasteiger partial charge in [0.25, 0.3) is 0 Å². The van der Waals surface area contributed by atoms with E-state index in [-0.39, 0.29) is 11.9 Å². The fraction of sp³-hybridized carbons (Fsp3) is 0.200. The number of nitrogen functional groups attached to an aromatic ring is 1. The summed E-state index contributed by atoms with van der Waals surface area (Å²) < 4.78 is 0. The molecule has 1 aromatic carbocycles. The number of hydrogen-bond donors (Lipinski definition) is 3. The molecule has 1 saturated heterocycles. The summed E-state index contributed by atoms with van der Waals surface area (Å²) in [6, 6.07) is 6.99. The van der Waals surface area contributed by atoms with E-state index in [0.717, 1.165) is 5.69 Å². The maximum Gasteiger partial charge on any atom is 0.321 e. The van der Waals surface area contributed by atoms with Crippen LogP contribution in [0.25, 0.3) is 0 Å². The number of benzene rings is 1. The van der Waals surface area contributed by atoms with Gasteiger partial charge in [-0.15, -0.1) is 0 Å². The van der Waals surface area contributed by atoms with Gasteiger partial charge in [0.2, 0.25) is 0 Å². The van der Waals surface area contributed by atoms with E-state index < -0.39 is 0 Å². The Morgan fingerprint density at radius 1 is 1.40 bits per heavy atom. The molecule has 0 radical (unpaired) electrons. The van der Waals surface area contributed by atoms with Crippen LogP contribution < -0.4 is 16.0 Å². The zero-order chi connectivity index (χ0) is 10.8. The summed E-state index contributed by atoms with van der Waals surface area (Å²) in [6.45, 7) is 1.35. The van der Waals surface area contributed by atoms with Crippen molar-refractivity contribution in [3.8, 4) is 0 Å². The van der Waals surface area contributed by atoms with Crippen LogP contribution in [-0.2, 0) is 0 Å². The zero-order valence-electron chi connectivity index (χ0n) is 8.16. The predicted molar refractivity (Wildman–Crippen MR) is 58.2 cm³/mol. The molecular weight excluding hydrogens is 192 g/mol. The topological polar surface area (TPSA) is 82.2 Å². The number of nitrogens with zero attached hydrogens (tertiary/aromatic N) is 1. The molecule has 0 bridgehead atoms. The predicted octanol–water partition coefficient (Wildman–Crippen LogP) is 0.500. The summed E-state index contributed by atoms with van der Waals surface area (Å²) in [6.07, 6.45) is 0. The summed E-state index contributed by atoms with van der Waals surface area (Å²) in [5.41, 5.74) is 6.83. The van der Waals surface area contributed by atoms with Crippen LogP contribution in [0.5, 0.6) is 0 Å². The van der Waals surface area contributed by atoms with Crippen LogP contribution in [0.2, 0.25) is 0 Å². The molecule has 0 aliphatic carbocycles. The Hall–Kier alpha value is -2.04. The summed E-state index contributed by atoms with van der Waals surface area (Å²) in [5, 5.41) is 9.97. The van der Waals surface area contributed by atoms with Gasteiger partial charge < -0.3 is 11.1 Å². The number of carbonyl (C=O) groups excluding carboxylic acids is 1. The average Bonchev–Trinajstić information content (AvgIpc) is 2.65. The highest BCUT2D eigenvalue weighted by Crippen LogP contribution is 2.16. The van der Waals surface area contributed by atoms with E-state index in [1.165, 1.54) is 0 Å². The van der Waals surface area contributed by atoms with Crippen LogP contribution in [0, 0.1) is 5.41 Å². The molecule has 4 N–H and O–H groups in total. The fourth-order valence-corrected chi connectivity index (χ4v) is 1.54. The van der Waals surface area contributed by atoms with Crippen molar-refractivity contribution >= 4 is 17.6 Å². The summed E-state index contributed by atoms with van der Waals surface area (Å²) in [7, 11) is 0. The minimum absolute atomic E-state index is 0.0347. The molecule has 5 nitrogen and oxygen atoms in total. The molecule has 15 heavy (non-hydrogen) atoms. The average molecular weight is 204 g/mol. The van der Waals surface area contributed by atoms with Gasteiger partial charge in [0.15, 0.2) is 0 Å². The second kappa shape index (κ2) is 3.61. The lowest BCUT2D eigenvalue weighted by Gasteiger charge is -2.14. The lowest BCUT2D eigenvalue weighted by atomic mass is 10.2. The van der Waals surface area contributed by atoms with Crippen molar-refractivity contribution in [2.45, 2.75) is 0 Å². The van der Waals surface area contributed by atoms with Crippen LogP contribution in [0.4, 0.5) is 10.5 Å². The lowest BCUT2D eigenvalue weighted by molar-refractivity contribution is 0.252. The van der Waals surface area contributed by atoms with Crippen LogP contribution in [0.3, 0.4) is 0 Å². The van der Waals surface area contributed by atoms with Gasteiger partial charge in [-0.1, -0.05) is 0 Å². The van der Waals surface area contributed by atoms with E-state index in [2.05, 4.69) is 5.32 Å². The van der Waals surface area contributed by atoms with E-state index in [4.69, 9.17) is 11.1 Å². The third-order valence-electron chi connectivity index (χ3n) is 2.35. The van der Waals surface area contributed by atoms with Crippen molar-refractivity contribution in [2.24, 2.45) is 5.73 Å². The molecule has 1 aromatic rings. The minimum atomic E-state index is -0.0782. The second-order valence-electron chi connectivity index (χ2n) is 3.34. The van der Waals surface area contributed by atoms with Crippen molar-refractivity contribution in [3.63, 3.8) is 0 Å². The standard InChI is InChI=1S/C10H12N4O/c11-9(12)7-1-3-8(4-2-7)14-6-5-13-10(14)15/h1-4H,5-6H2,(H3,11,12)(H,13,15). The SMILES string of the molecule is N=C(N)c1ccc(N2CCNC2=O)cc1. The Balaban J connectivity index is 2.23. The van der Waals surface area contributed by atoms with Gasteiger partial charge in [-0.3, -0.25) is 10.3 Å². The van der Waals surface area contributed by atoms with Gasteiger partial charge in [-0.2, -0.15) is 0 Å². The molecule has 5 heteroatoms. The monoisotopic (exact) mass is 204 g/mol. The van der Waals surface area contributed by atoms with E-state index in [0.29, 0.717) is 18.7 Å². The highest BCUT2D eigenvalue weighted by atomic mass is 16.2. The number of rotatable bonds is 2. The first-order valence-electron chi connectivity index (χ1n) is 4.68. The van der Waals surface area contributed by atoms with Crippen molar-refractivity contribution < 1.29 is 4.79 Å². The maximum absolute atomic E-state index is 11.3. The summed E-state index contributed by atoms with van der Waals surface area (Å²) >= 11 is 0. The molecule has 0 unspecified atom stereocenters. The molecule has 0 atom stereocenters. The van der Waals surface area contributed by atoms with E-state index in [9.17, 15) is 4.79 Å². The van der Waals surface area contributed by atoms with Crippen molar-refractivity contribution in [1.29, 1.82) is 5.41 Å². The van der Waals surface area contributed by atoms with Gasteiger partial charge in [-0.25, -0.2) is 4.79 Å². The van der Waals surface area contributed by atoms with Gasteiger partial charge in [0.05, 0.1) is 0 Å². The van der Waals surface area contributed by atoms with Crippen molar-refractivity contribution in [3.05, 3.63) is 29.8 Å². The largest absolute Gasteiger partial charge is 0.384 e. The van der Waals surface area contributed by atoms with E-state index >= 15 is 0 Å². The number of amides is 2. The number of hydrogen-bond acceptors (Lipinski definition) is 2. The summed E-state index contributed by atoms with van der Waals surface area (Å²) in [5.74, 6) is 0.0347. The molecule has 1 fully saturated rings. The number of anilines is 1. The molecule has 0 saturated carbocycles. The molecule has 0 spiro atoms. The smallest absolute Gasteiger partial charge is 0.321 e. The third kappa shape index (κ3) is 1.76. The first kappa shape index (κ1) is 9.51. The first-order valence-corrected chi connectivity index (χ1v) is 4.68. The van der Waals surface area contributed by atoms with E-state index in [1.807, 2.05) is 0 Å². The normalized spacial score (nSPS) is 15.2. The van der Waals surface area contributed by atoms with Gasteiger partial charge in [0, 0.05) is 24.3 Å². The van der Waals surface area contributed by atoms with Crippen LogP contribution in [0.15, 0.2) is 24.3 Å². The Kier molecular flexibility index (Phi) is 2.29. The Morgan fingerprint density at radius 3 is 2.53 bits per heavy atom. The molecule has 1 aliphatic rings. The number of nitrogens with one attached hydrogen (secondary N) is 2. The number of carbonyl (C=O) groups is 1. The fourth-order valence-electron chi connectivity index (χ4n) is 1.54. The molecule has 2 rings (SSSR count). The highest BCUT2D eigenvalue weighted by Gasteiger charge is 2.20. The van der Waals surface area contributed by atoms with Crippen LogP contribution in [0.1, 0.15) is 5.56 Å².